The molecule has 0 radical (unpaired) electrons. The summed E-state index contributed by atoms with van der Waals surface area (Å²) in [5, 5.41) is 41.4. The van der Waals surface area contributed by atoms with Crippen molar-refractivity contribution in [1.29, 1.82) is 0 Å². The largest absolute Gasteiger partial charge is 0.504 e. The SMILES string of the molecule is C/C=C(\C)N=CC1CCC2C(C)(C)CCCC2(C)c2c1oc1c(B(O)O)c(O)c(O)cc21.CC. The van der Waals surface area contributed by atoms with Gasteiger partial charge in [-0.3, -0.25) is 4.99 Å². The maximum absolute atomic E-state index is 10.4. The molecular formula is C27H40BNO5. The lowest BCUT2D eigenvalue weighted by molar-refractivity contribution is 0.0507. The first-order valence-corrected chi connectivity index (χ1v) is 12.6. The van der Waals surface area contributed by atoms with Gasteiger partial charge in [-0.1, -0.05) is 47.1 Å². The molecule has 0 aliphatic heterocycles. The molecule has 0 saturated heterocycles. The van der Waals surface area contributed by atoms with E-state index in [1.807, 2.05) is 40.0 Å². The predicted octanol–water partition coefficient (Wildman–Crippen LogP) is 5.51. The van der Waals surface area contributed by atoms with Crippen molar-refractivity contribution in [2.45, 2.75) is 91.9 Å². The van der Waals surface area contributed by atoms with Crippen molar-refractivity contribution in [1.82, 2.24) is 0 Å². The fourth-order valence-corrected chi connectivity index (χ4v) is 6.37. The van der Waals surface area contributed by atoms with Gasteiger partial charge in [0.05, 0.1) is 11.4 Å². The van der Waals surface area contributed by atoms with Crippen LogP contribution in [0.25, 0.3) is 11.0 Å². The third-order valence-electron chi connectivity index (χ3n) is 8.03. The molecule has 34 heavy (non-hydrogen) atoms. The number of nitrogens with zero attached hydrogens (tertiary/aromatic N) is 1. The van der Waals surface area contributed by atoms with E-state index in [1.165, 1.54) is 6.07 Å². The number of phenolic OH excluding ortho intramolecular Hbond substituents is 2. The summed E-state index contributed by atoms with van der Waals surface area (Å²) in [5.41, 5.74) is 1.89. The number of allylic oxidation sites excluding steroid dienone is 2. The number of aliphatic imine (C=N–C) groups is 1. The highest BCUT2D eigenvalue weighted by molar-refractivity contribution is 6.63. The quantitative estimate of drug-likeness (QED) is 0.270. The molecule has 1 fully saturated rings. The van der Waals surface area contributed by atoms with Crippen molar-refractivity contribution in [3.8, 4) is 11.5 Å². The Morgan fingerprint density at radius 1 is 1.15 bits per heavy atom. The Hall–Kier alpha value is -2.25. The minimum absolute atomic E-state index is 0.0847. The minimum Gasteiger partial charge on any atom is -0.504 e. The highest BCUT2D eigenvalue weighted by Crippen LogP contribution is 2.59. The van der Waals surface area contributed by atoms with Gasteiger partial charge in [0.2, 0.25) is 0 Å². The average Bonchev–Trinajstić information content (AvgIpc) is 3.09. The maximum Gasteiger partial charge on any atom is 0.496 e. The molecule has 1 saturated carbocycles. The molecule has 2 aliphatic rings. The van der Waals surface area contributed by atoms with Crippen molar-refractivity contribution < 1.29 is 24.7 Å². The number of rotatable bonds is 3. The van der Waals surface area contributed by atoms with E-state index < -0.39 is 12.9 Å². The predicted molar refractivity (Wildman–Crippen MR) is 139 cm³/mol. The number of benzene rings is 1. The highest BCUT2D eigenvalue weighted by atomic mass is 16.4. The molecular weight excluding hydrogens is 429 g/mol. The molecule has 4 N–H and O–H groups in total. The minimum atomic E-state index is -1.97. The second kappa shape index (κ2) is 9.78. The molecule has 1 aromatic carbocycles. The van der Waals surface area contributed by atoms with E-state index in [4.69, 9.17) is 4.42 Å². The van der Waals surface area contributed by atoms with E-state index in [0.29, 0.717) is 11.3 Å². The summed E-state index contributed by atoms with van der Waals surface area (Å²) in [6.45, 7) is 14.9. The van der Waals surface area contributed by atoms with Crippen LogP contribution in [0.4, 0.5) is 0 Å². The first kappa shape index (κ1) is 26.4. The topological polar surface area (TPSA) is 106 Å². The van der Waals surface area contributed by atoms with Gasteiger partial charge in [-0.2, -0.15) is 0 Å². The van der Waals surface area contributed by atoms with Gasteiger partial charge in [0.1, 0.15) is 11.3 Å². The lowest BCUT2D eigenvalue weighted by Crippen LogP contribution is -2.44. The third kappa shape index (κ3) is 4.29. The zero-order chi connectivity index (χ0) is 25.4. The molecule has 0 amide bonds. The fraction of sp³-hybridized carbons (Fsp3) is 0.593. The number of aromatic hydroxyl groups is 2. The molecule has 1 heterocycles. The molecule has 3 atom stereocenters. The van der Waals surface area contributed by atoms with Crippen LogP contribution in [0.2, 0.25) is 0 Å². The normalized spacial score (nSPS) is 26.4. The molecule has 7 heteroatoms. The summed E-state index contributed by atoms with van der Waals surface area (Å²) >= 11 is 0. The van der Waals surface area contributed by atoms with Crippen LogP contribution < -0.4 is 5.46 Å². The fourth-order valence-electron chi connectivity index (χ4n) is 6.37. The van der Waals surface area contributed by atoms with Crippen molar-refractivity contribution in [3.05, 3.63) is 29.2 Å². The summed E-state index contributed by atoms with van der Waals surface area (Å²) in [5.74, 6) is 0.124. The van der Waals surface area contributed by atoms with Crippen LogP contribution in [0, 0.1) is 11.3 Å². The van der Waals surface area contributed by atoms with Crippen molar-refractivity contribution >= 4 is 29.8 Å². The van der Waals surface area contributed by atoms with Gasteiger partial charge in [0.25, 0.3) is 0 Å². The van der Waals surface area contributed by atoms with Gasteiger partial charge >= 0.3 is 7.12 Å². The zero-order valence-corrected chi connectivity index (χ0v) is 21.6. The smallest absolute Gasteiger partial charge is 0.496 e. The second-order valence-corrected chi connectivity index (χ2v) is 10.5. The Balaban J connectivity index is 0.00000158. The van der Waals surface area contributed by atoms with Crippen LogP contribution in [0.3, 0.4) is 0 Å². The monoisotopic (exact) mass is 469 g/mol. The number of furan rings is 1. The molecule has 4 rings (SSSR count). The Bertz CT molecular complexity index is 1100. The average molecular weight is 469 g/mol. The summed E-state index contributed by atoms with van der Waals surface area (Å²) in [4.78, 5) is 4.62. The first-order chi connectivity index (χ1) is 16.0. The molecule has 0 bridgehead atoms. The first-order valence-electron chi connectivity index (χ1n) is 12.6. The van der Waals surface area contributed by atoms with Gasteiger partial charge < -0.3 is 24.7 Å². The van der Waals surface area contributed by atoms with E-state index in [9.17, 15) is 20.3 Å². The van der Waals surface area contributed by atoms with Crippen LogP contribution in [0.15, 0.2) is 27.2 Å². The molecule has 186 valence electrons. The van der Waals surface area contributed by atoms with Gasteiger partial charge in [-0.05, 0) is 62.3 Å². The Kier molecular flexibility index (Phi) is 7.59. The molecule has 0 spiro atoms. The van der Waals surface area contributed by atoms with Gasteiger partial charge in [0, 0.05) is 22.9 Å². The molecule has 2 aromatic rings. The van der Waals surface area contributed by atoms with Crippen molar-refractivity contribution in [3.63, 3.8) is 0 Å². The zero-order valence-electron chi connectivity index (χ0n) is 21.6. The summed E-state index contributed by atoms with van der Waals surface area (Å²) < 4.78 is 6.36. The Morgan fingerprint density at radius 2 is 1.82 bits per heavy atom. The highest BCUT2D eigenvalue weighted by Gasteiger charge is 2.52. The number of hydrogen-bond acceptors (Lipinski definition) is 6. The van der Waals surface area contributed by atoms with E-state index >= 15 is 0 Å². The van der Waals surface area contributed by atoms with Crippen LogP contribution in [0.5, 0.6) is 11.5 Å². The standard InChI is InChI=1S/C25H34BNO5.C2H6/c1-6-14(2)27-13-15-8-9-18-24(3,4)10-7-11-25(18,5)19-16-12-17(28)21(29)20(26(30)31)23(16)32-22(15)19;1-2/h6,12-13,15,18,28-31H,7-11H2,1-5H3;1-2H3/b14-6+,27-13?;. The van der Waals surface area contributed by atoms with Gasteiger partial charge in [-0.15, -0.1) is 0 Å². The number of fused-ring (bicyclic) bond motifs is 5. The van der Waals surface area contributed by atoms with E-state index in [0.717, 1.165) is 49.1 Å². The molecule has 2 aliphatic carbocycles. The number of hydrogen-bond donors (Lipinski definition) is 4. The van der Waals surface area contributed by atoms with Crippen LogP contribution in [-0.2, 0) is 5.41 Å². The van der Waals surface area contributed by atoms with Gasteiger partial charge in [-0.25, -0.2) is 0 Å². The van der Waals surface area contributed by atoms with Crippen LogP contribution in [0.1, 0.15) is 97.8 Å². The van der Waals surface area contributed by atoms with Gasteiger partial charge in [0.15, 0.2) is 11.5 Å². The van der Waals surface area contributed by atoms with Crippen molar-refractivity contribution in [2.75, 3.05) is 0 Å². The van der Waals surface area contributed by atoms with Crippen LogP contribution in [-0.4, -0.2) is 33.6 Å². The summed E-state index contributed by atoms with van der Waals surface area (Å²) in [6.07, 6.45) is 9.00. The van der Waals surface area contributed by atoms with E-state index in [1.54, 1.807) is 0 Å². The summed E-state index contributed by atoms with van der Waals surface area (Å²) in [6, 6.07) is 1.51. The molecule has 1 aromatic heterocycles. The van der Waals surface area contributed by atoms with Crippen LogP contribution >= 0.6 is 0 Å². The Labute approximate surface area is 203 Å². The second-order valence-electron chi connectivity index (χ2n) is 10.5. The lowest BCUT2D eigenvalue weighted by atomic mass is 9.53. The van der Waals surface area contributed by atoms with Crippen molar-refractivity contribution in [2.24, 2.45) is 16.3 Å². The Morgan fingerprint density at radius 3 is 2.44 bits per heavy atom. The third-order valence-corrected chi connectivity index (χ3v) is 8.03. The molecule has 3 unspecified atom stereocenters. The lowest BCUT2D eigenvalue weighted by Gasteiger charge is -2.50. The number of phenols is 2. The summed E-state index contributed by atoms with van der Waals surface area (Å²) in [7, 11) is -1.97. The van der Waals surface area contributed by atoms with E-state index in [2.05, 4.69) is 25.8 Å². The van der Waals surface area contributed by atoms with E-state index in [-0.39, 0.29) is 33.5 Å². The molecule has 6 nitrogen and oxygen atoms in total. The maximum atomic E-state index is 10.4.